The van der Waals surface area contributed by atoms with Crippen molar-refractivity contribution in [2.75, 3.05) is 13.7 Å². The molecule has 0 radical (unpaired) electrons. The van der Waals surface area contributed by atoms with E-state index in [0.29, 0.717) is 19.5 Å². The number of carbonyl (C=O) groups excluding carboxylic acids is 1. The number of methoxy groups -OCH3 is 1. The predicted octanol–water partition coefficient (Wildman–Crippen LogP) is 3.17. The van der Waals surface area contributed by atoms with Crippen LogP contribution in [0.2, 0.25) is 0 Å². The molecule has 1 aliphatic rings. The van der Waals surface area contributed by atoms with Crippen molar-refractivity contribution in [2.45, 2.75) is 13.0 Å². The van der Waals surface area contributed by atoms with E-state index >= 15 is 0 Å². The Balaban J connectivity index is 1.81. The van der Waals surface area contributed by atoms with E-state index in [2.05, 4.69) is 0 Å². The summed E-state index contributed by atoms with van der Waals surface area (Å²) in [6.45, 7) is 0.995. The fraction of sp³-hybridized carbons (Fsp3) is 0.235. The minimum atomic E-state index is -1.01. The molecule has 0 spiro atoms. The van der Waals surface area contributed by atoms with Gasteiger partial charge in [-0.3, -0.25) is 4.79 Å². The summed E-state index contributed by atoms with van der Waals surface area (Å²) in [6.07, 6.45) is 0.710. The Morgan fingerprint density at radius 3 is 2.64 bits per heavy atom. The number of nitrogens with zero attached hydrogens (tertiary/aromatic N) is 1. The molecule has 3 rings (SSSR count). The zero-order valence-electron chi connectivity index (χ0n) is 12.1. The van der Waals surface area contributed by atoms with Gasteiger partial charge < -0.3 is 9.64 Å². The lowest BCUT2D eigenvalue weighted by atomic mass is 9.99. The van der Waals surface area contributed by atoms with Crippen molar-refractivity contribution in [3.63, 3.8) is 0 Å². The second-order valence-corrected chi connectivity index (χ2v) is 5.24. The number of amides is 1. The van der Waals surface area contributed by atoms with Crippen molar-refractivity contribution in [1.29, 1.82) is 0 Å². The molecular weight excluding hydrogens is 288 g/mol. The SMILES string of the molecule is COc1ccc2c(c1)CCN(C(=O)c1ccc(F)c(F)c1)C2. The zero-order valence-corrected chi connectivity index (χ0v) is 12.1. The molecule has 3 nitrogen and oxygen atoms in total. The summed E-state index contributed by atoms with van der Waals surface area (Å²) in [5.74, 6) is -1.46. The molecule has 0 unspecified atom stereocenters. The van der Waals surface area contributed by atoms with E-state index in [1.165, 1.54) is 6.07 Å². The largest absolute Gasteiger partial charge is 0.497 e. The number of fused-ring (bicyclic) bond motifs is 1. The lowest BCUT2D eigenvalue weighted by molar-refractivity contribution is 0.0734. The van der Waals surface area contributed by atoms with Gasteiger partial charge in [0.25, 0.3) is 5.91 Å². The minimum absolute atomic E-state index is 0.163. The Morgan fingerprint density at radius 1 is 1.09 bits per heavy atom. The number of benzene rings is 2. The van der Waals surface area contributed by atoms with Crippen LogP contribution in [-0.2, 0) is 13.0 Å². The van der Waals surface area contributed by atoms with Gasteiger partial charge in [0.2, 0.25) is 0 Å². The van der Waals surface area contributed by atoms with Gasteiger partial charge in [0.1, 0.15) is 5.75 Å². The first-order valence-electron chi connectivity index (χ1n) is 6.98. The summed E-state index contributed by atoms with van der Waals surface area (Å²) in [6, 6.07) is 8.98. The maximum atomic E-state index is 13.3. The Labute approximate surface area is 127 Å². The average molecular weight is 303 g/mol. The molecule has 0 N–H and O–H groups in total. The highest BCUT2D eigenvalue weighted by atomic mass is 19.2. The number of ether oxygens (including phenoxy) is 1. The fourth-order valence-corrected chi connectivity index (χ4v) is 2.64. The van der Waals surface area contributed by atoms with Crippen LogP contribution < -0.4 is 4.74 Å². The summed E-state index contributed by atoms with van der Waals surface area (Å²) in [5, 5.41) is 0. The van der Waals surface area contributed by atoms with Gasteiger partial charge in [0.15, 0.2) is 11.6 Å². The minimum Gasteiger partial charge on any atom is -0.497 e. The van der Waals surface area contributed by atoms with Gasteiger partial charge in [-0.1, -0.05) is 6.07 Å². The summed E-state index contributed by atoms with van der Waals surface area (Å²) in [5.41, 5.74) is 2.35. The van der Waals surface area contributed by atoms with Gasteiger partial charge in [0, 0.05) is 18.7 Å². The Morgan fingerprint density at radius 2 is 1.91 bits per heavy atom. The average Bonchev–Trinajstić information content (AvgIpc) is 2.55. The van der Waals surface area contributed by atoms with Crippen LogP contribution in [0.5, 0.6) is 5.75 Å². The molecule has 2 aromatic rings. The Bertz CT molecular complexity index is 731. The summed E-state index contributed by atoms with van der Waals surface area (Å²) < 4.78 is 31.4. The number of hydrogen-bond donors (Lipinski definition) is 0. The molecule has 5 heteroatoms. The topological polar surface area (TPSA) is 29.5 Å². The third-order valence-corrected chi connectivity index (χ3v) is 3.88. The summed E-state index contributed by atoms with van der Waals surface area (Å²) in [4.78, 5) is 14.0. The fourth-order valence-electron chi connectivity index (χ4n) is 2.64. The first kappa shape index (κ1) is 14.5. The van der Waals surface area contributed by atoms with Crippen LogP contribution in [0.15, 0.2) is 36.4 Å². The lowest BCUT2D eigenvalue weighted by Gasteiger charge is -2.29. The van der Waals surface area contributed by atoms with Gasteiger partial charge in [-0.25, -0.2) is 8.78 Å². The quantitative estimate of drug-likeness (QED) is 0.853. The van der Waals surface area contributed by atoms with Gasteiger partial charge in [-0.05, 0) is 47.9 Å². The predicted molar refractivity (Wildman–Crippen MR) is 77.8 cm³/mol. The number of halogens is 2. The van der Waals surface area contributed by atoms with Crippen molar-refractivity contribution < 1.29 is 18.3 Å². The molecule has 22 heavy (non-hydrogen) atoms. The van der Waals surface area contributed by atoms with Crippen LogP contribution in [0.25, 0.3) is 0 Å². The molecule has 0 atom stereocenters. The van der Waals surface area contributed by atoms with Crippen LogP contribution in [0.4, 0.5) is 8.78 Å². The third-order valence-electron chi connectivity index (χ3n) is 3.88. The standard InChI is InChI=1S/C17H15F2NO2/c1-22-14-4-2-13-10-20(7-6-11(13)8-14)17(21)12-3-5-15(18)16(19)9-12/h2-5,8-9H,6-7,10H2,1H3. The van der Waals surface area contributed by atoms with Gasteiger partial charge >= 0.3 is 0 Å². The molecule has 0 saturated heterocycles. The van der Waals surface area contributed by atoms with Gasteiger partial charge in [-0.2, -0.15) is 0 Å². The first-order valence-corrected chi connectivity index (χ1v) is 6.98. The molecule has 2 aromatic carbocycles. The van der Waals surface area contributed by atoms with Crippen molar-refractivity contribution in [1.82, 2.24) is 4.90 Å². The number of rotatable bonds is 2. The summed E-state index contributed by atoms with van der Waals surface area (Å²) >= 11 is 0. The van der Waals surface area contributed by atoms with E-state index < -0.39 is 11.6 Å². The molecule has 1 amide bonds. The van der Waals surface area contributed by atoms with Crippen molar-refractivity contribution in [3.05, 3.63) is 64.7 Å². The van der Waals surface area contributed by atoms with E-state index in [4.69, 9.17) is 4.74 Å². The second kappa shape index (κ2) is 5.75. The molecule has 0 bridgehead atoms. The molecular formula is C17H15F2NO2. The number of carbonyl (C=O) groups is 1. The van der Waals surface area contributed by atoms with E-state index in [-0.39, 0.29) is 11.5 Å². The monoisotopic (exact) mass is 303 g/mol. The van der Waals surface area contributed by atoms with Crippen molar-refractivity contribution in [2.24, 2.45) is 0 Å². The second-order valence-electron chi connectivity index (χ2n) is 5.24. The van der Waals surface area contributed by atoms with E-state index in [9.17, 15) is 13.6 Å². The van der Waals surface area contributed by atoms with Crippen LogP contribution in [0.1, 0.15) is 21.5 Å². The van der Waals surface area contributed by atoms with Crippen LogP contribution >= 0.6 is 0 Å². The van der Waals surface area contributed by atoms with Crippen LogP contribution in [-0.4, -0.2) is 24.5 Å². The maximum absolute atomic E-state index is 13.3. The van der Waals surface area contributed by atoms with Crippen molar-refractivity contribution in [3.8, 4) is 5.75 Å². The van der Waals surface area contributed by atoms with E-state index in [0.717, 1.165) is 29.0 Å². The molecule has 0 aromatic heterocycles. The van der Waals surface area contributed by atoms with Crippen molar-refractivity contribution >= 4 is 5.91 Å². The molecule has 0 fully saturated rings. The van der Waals surface area contributed by atoms with E-state index in [1.54, 1.807) is 12.0 Å². The molecule has 1 heterocycles. The smallest absolute Gasteiger partial charge is 0.254 e. The highest BCUT2D eigenvalue weighted by Gasteiger charge is 2.22. The first-order chi connectivity index (χ1) is 10.6. The normalized spacial score (nSPS) is 13.7. The summed E-state index contributed by atoms with van der Waals surface area (Å²) in [7, 11) is 1.61. The highest BCUT2D eigenvalue weighted by Crippen LogP contribution is 2.25. The van der Waals surface area contributed by atoms with Crippen LogP contribution in [0, 0.1) is 11.6 Å². The van der Waals surface area contributed by atoms with Gasteiger partial charge in [-0.15, -0.1) is 0 Å². The Hall–Kier alpha value is -2.43. The maximum Gasteiger partial charge on any atom is 0.254 e. The van der Waals surface area contributed by atoms with Gasteiger partial charge in [0.05, 0.1) is 7.11 Å². The third kappa shape index (κ3) is 2.66. The van der Waals surface area contributed by atoms with E-state index in [1.807, 2.05) is 18.2 Å². The molecule has 1 aliphatic heterocycles. The van der Waals surface area contributed by atoms with Crippen LogP contribution in [0.3, 0.4) is 0 Å². The lowest BCUT2D eigenvalue weighted by Crippen LogP contribution is -2.36. The number of hydrogen-bond acceptors (Lipinski definition) is 2. The highest BCUT2D eigenvalue weighted by molar-refractivity contribution is 5.94. The zero-order chi connectivity index (χ0) is 15.7. The molecule has 0 saturated carbocycles. The Kier molecular flexibility index (Phi) is 3.79. The molecule has 0 aliphatic carbocycles. The molecule has 114 valence electrons.